The molecule has 0 bridgehead atoms. The number of rotatable bonds is 8. The molecular weight excluding hydrogens is 350 g/mol. The second kappa shape index (κ2) is 7.70. The average molecular weight is 375 g/mol. The number of hydrogen-bond acceptors (Lipinski definition) is 4. The monoisotopic (exact) mass is 375 g/mol. The van der Waals surface area contributed by atoms with Crippen molar-refractivity contribution in [1.82, 2.24) is 15.5 Å². The number of carbonyl (C=O) groups excluding carboxylic acids is 3. The molecule has 0 unspecified atom stereocenters. The minimum atomic E-state index is -0.832. The fourth-order valence-electron chi connectivity index (χ4n) is 3.13. The number of nitrogens with one attached hydrogen (secondary N) is 2. The Labute approximate surface area is 158 Å². The quantitative estimate of drug-likeness (QED) is 0.539. The van der Waals surface area contributed by atoms with Gasteiger partial charge in [0.2, 0.25) is 5.91 Å². The number of thioether (sulfide) groups is 1. The molecule has 2 aliphatic rings. The summed E-state index contributed by atoms with van der Waals surface area (Å²) in [4.78, 5) is 37.6. The van der Waals surface area contributed by atoms with Gasteiger partial charge in [-0.3, -0.25) is 14.5 Å². The molecule has 1 aliphatic carbocycles. The van der Waals surface area contributed by atoms with E-state index in [9.17, 15) is 14.4 Å². The summed E-state index contributed by atoms with van der Waals surface area (Å²) in [5.74, 6) is 1.28. The van der Waals surface area contributed by atoms with Crippen LogP contribution in [-0.2, 0) is 15.3 Å². The van der Waals surface area contributed by atoms with Gasteiger partial charge in [-0.25, -0.2) is 4.79 Å². The van der Waals surface area contributed by atoms with Gasteiger partial charge in [-0.1, -0.05) is 29.8 Å². The van der Waals surface area contributed by atoms with Gasteiger partial charge in [0, 0.05) is 18.1 Å². The van der Waals surface area contributed by atoms with Gasteiger partial charge in [-0.2, -0.15) is 11.8 Å². The fraction of sp³-hybridized carbons (Fsp3) is 0.526. The van der Waals surface area contributed by atoms with Gasteiger partial charge in [0.05, 0.1) is 0 Å². The van der Waals surface area contributed by atoms with Crippen molar-refractivity contribution < 1.29 is 14.4 Å². The second-order valence-corrected chi connectivity index (χ2v) is 8.29. The van der Waals surface area contributed by atoms with Gasteiger partial charge in [0.25, 0.3) is 5.91 Å². The zero-order valence-corrected chi connectivity index (χ0v) is 16.0. The molecule has 0 spiro atoms. The maximum absolute atomic E-state index is 12.5. The third-order valence-electron chi connectivity index (χ3n) is 4.95. The van der Waals surface area contributed by atoms with Gasteiger partial charge in [-0.05, 0) is 38.2 Å². The Bertz CT molecular complexity index is 702. The largest absolute Gasteiger partial charge is 0.354 e. The van der Waals surface area contributed by atoms with E-state index in [2.05, 4.69) is 41.8 Å². The minimum absolute atomic E-state index is 0.199. The Kier molecular flexibility index (Phi) is 5.55. The summed E-state index contributed by atoms with van der Waals surface area (Å²) in [6.45, 7) is 4.12. The number of urea groups is 1. The maximum Gasteiger partial charge on any atom is 0.325 e. The van der Waals surface area contributed by atoms with E-state index in [0.717, 1.165) is 29.2 Å². The molecule has 1 saturated carbocycles. The van der Waals surface area contributed by atoms with Crippen molar-refractivity contribution in [3.05, 3.63) is 35.4 Å². The number of nitrogens with zero attached hydrogens (tertiary/aromatic N) is 1. The Hall–Kier alpha value is -2.02. The van der Waals surface area contributed by atoms with E-state index in [-0.39, 0.29) is 24.3 Å². The molecular formula is C19H25N3O3S. The van der Waals surface area contributed by atoms with Crippen LogP contribution < -0.4 is 10.6 Å². The smallest absolute Gasteiger partial charge is 0.325 e. The number of benzene rings is 1. The van der Waals surface area contributed by atoms with Gasteiger partial charge in [-0.15, -0.1) is 0 Å². The molecule has 7 heteroatoms. The van der Waals surface area contributed by atoms with Crippen LogP contribution in [0.25, 0.3) is 0 Å². The molecule has 0 aromatic heterocycles. The summed E-state index contributed by atoms with van der Waals surface area (Å²) < 4.78 is 0. The van der Waals surface area contributed by atoms with Crippen LogP contribution in [0.15, 0.2) is 24.3 Å². The molecule has 3 rings (SSSR count). The van der Waals surface area contributed by atoms with Crippen molar-refractivity contribution in [2.24, 2.45) is 5.92 Å². The summed E-state index contributed by atoms with van der Waals surface area (Å²) in [6.07, 6.45) is 1.89. The summed E-state index contributed by atoms with van der Waals surface area (Å²) in [7, 11) is 0. The van der Waals surface area contributed by atoms with E-state index in [1.54, 1.807) is 18.7 Å². The molecule has 1 aliphatic heterocycles. The molecule has 1 heterocycles. The van der Waals surface area contributed by atoms with Crippen molar-refractivity contribution in [3.63, 3.8) is 0 Å². The molecule has 1 atom stereocenters. The van der Waals surface area contributed by atoms with Crippen LogP contribution >= 0.6 is 11.8 Å². The van der Waals surface area contributed by atoms with E-state index in [4.69, 9.17) is 0 Å². The molecule has 1 saturated heterocycles. The Morgan fingerprint density at radius 2 is 2.00 bits per heavy atom. The highest BCUT2D eigenvalue weighted by Gasteiger charge is 2.56. The highest BCUT2D eigenvalue weighted by Crippen LogP contribution is 2.42. The number of imide groups is 1. The number of hydrogen-bond donors (Lipinski definition) is 2. The van der Waals surface area contributed by atoms with Crippen molar-refractivity contribution in [2.75, 3.05) is 18.8 Å². The van der Waals surface area contributed by atoms with Crippen LogP contribution in [0.5, 0.6) is 0 Å². The molecule has 2 fully saturated rings. The third kappa shape index (κ3) is 4.20. The highest BCUT2D eigenvalue weighted by atomic mass is 32.2. The van der Waals surface area contributed by atoms with E-state index >= 15 is 0 Å². The first-order chi connectivity index (χ1) is 12.4. The molecule has 4 amide bonds. The summed E-state index contributed by atoms with van der Waals surface area (Å²) in [6, 6.07) is 7.93. The predicted octanol–water partition coefficient (Wildman–Crippen LogP) is 2.06. The molecule has 2 N–H and O–H groups in total. The van der Waals surface area contributed by atoms with Crippen LogP contribution in [0.3, 0.4) is 0 Å². The maximum atomic E-state index is 12.5. The van der Waals surface area contributed by atoms with Crippen molar-refractivity contribution in [2.45, 2.75) is 38.0 Å². The normalized spacial score (nSPS) is 22.5. The SMILES string of the molecule is Cc1ccc(CSCCNC(=O)CN2C(=O)N[C@](C)(C3CC3)C2=O)cc1. The minimum Gasteiger partial charge on any atom is -0.354 e. The lowest BCUT2D eigenvalue weighted by Gasteiger charge is -2.20. The molecule has 1 aromatic carbocycles. The molecule has 26 heavy (non-hydrogen) atoms. The van der Waals surface area contributed by atoms with Gasteiger partial charge in [0.15, 0.2) is 0 Å². The first-order valence-corrected chi connectivity index (χ1v) is 10.1. The van der Waals surface area contributed by atoms with Crippen molar-refractivity contribution in [1.29, 1.82) is 0 Å². The predicted molar refractivity (Wildman–Crippen MR) is 102 cm³/mol. The van der Waals surface area contributed by atoms with Crippen LogP contribution in [0, 0.1) is 12.8 Å². The first kappa shape index (κ1) is 18.8. The zero-order chi connectivity index (χ0) is 18.7. The highest BCUT2D eigenvalue weighted by molar-refractivity contribution is 7.98. The van der Waals surface area contributed by atoms with Crippen molar-refractivity contribution in [3.8, 4) is 0 Å². The van der Waals surface area contributed by atoms with Crippen molar-refractivity contribution >= 4 is 29.6 Å². The van der Waals surface area contributed by atoms with Crippen LogP contribution in [0.2, 0.25) is 0 Å². The summed E-state index contributed by atoms with van der Waals surface area (Å²) in [5.41, 5.74) is 1.66. The van der Waals surface area contributed by atoms with E-state index in [1.807, 2.05) is 0 Å². The summed E-state index contributed by atoms with van der Waals surface area (Å²) in [5, 5.41) is 5.53. The lowest BCUT2D eigenvalue weighted by Crippen LogP contribution is -2.47. The summed E-state index contributed by atoms with van der Waals surface area (Å²) >= 11 is 1.74. The van der Waals surface area contributed by atoms with Crippen LogP contribution in [-0.4, -0.2) is 47.1 Å². The number of amides is 4. The van der Waals surface area contributed by atoms with E-state index in [1.165, 1.54) is 11.1 Å². The van der Waals surface area contributed by atoms with Crippen LogP contribution in [0.4, 0.5) is 4.79 Å². The molecule has 6 nitrogen and oxygen atoms in total. The molecule has 140 valence electrons. The van der Waals surface area contributed by atoms with E-state index < -0.39 is 11.6 Å². The molecule has 1 aromatic rings. The standard InChI is InChI=1S/C19H25N3O3S/c1-13-3-5-14(6-4-13)12-26-10-9-20-16(23)11-22-17(24)19(2,15-7-8-15)21-18(22)25/h3-6,15H,7-12H2,1-2H3,(H,20,23)(H,21,25)/t19-/m1/s1. The number of carbonyl (C=O) groups is 3. The second-order valence-electron chi connectivity index (χ2n) is 7.19. The van der Waals surface area contributed by atoms with Gasteiger partial charge < -0.3 is 10.6 Å². The lowest BCUT2D eigenvalue weighted by atomic mass is 9.96. The Morgan fingerprint density at radius 3 is 2.65 bits per heavy atom. The Balaban J connectivity index is 1.37. The van der Waals surface area contributed by atoms with Gasteiger partial charge in [0.1, 0.15) is 12.1 Å². The molecule has 0 radical (unpaired) electrons. The van der Waals surface area contributed by atoms with E-state index in [0.29, 0.717) is 6.54 Å². The fourth-order valence-corrected chi connectivity index (χ4v) is 3.95. The number of aryl methyl sites for hydroxylation is 1. The zero-order valence-electron chi connectivity index (χ0n) is 15.2. The third-order valence-corrected chi connectivity index (χ3v) is 5.98. The average Bonchev–Trinajstić information content (AvgIpc) is 3.42. The van der Waals surface area contributed by atoms with Gasteiger partial charge >= 0.3 is 6.03 Å². The Morgan fingerprint density at radius 1 is 1.31 bits per heavy atom. The van der Waals surface area contributed by atoms with Crippen LogP contribution in [0.1, 0.15) is 30.9 Å². The topological polar surface area (TPSA) is 78.5 Å². The lowest BCUT2D eigenvalue weighted by molar-refractivity contribution is -0.135. The first-order valence-electron chi connectivity index (χ1n) is 8.94.